The van der Waals surface area contributed by atoms with E-state index in [4.69, 9.17) is 10.5 Å². The molecule has 0 aromatic heterocycles. The molecule has 1 atom stereocenters. The lowest BCUT2D eigenvalue weighted by Crippen LogP contribution is -2.26. The van der Waals surface area contributed by atoms with Crippen LogP contribution in [0.2, 0.25) is 0 Å². The maximum absolute atomic E-state index is 11.8. The van der Waals surface area contributed by atoms with Gasteiger partial charge in [-0.15, -0.1) is 0 Å². The molecule has 80 valence electrons. The van der Waals surface area contributed by atoms with Crippen molar-refractivity contribution in [2.75, 3.05) is 13.2 Å². The van der Waals surface area contributed by atoms with Gasteiger partial charge in [-0.05, 0) is 18.4 Å². The van der Waals surface area contributed by atoms with Crippen LogP contribution in [0.1, 0.15) is 26.7 Å². The topological polar surface area (TPSA) is 52.3 Å². The molecule has 2 N–H and O–H groups in total. The maximum atomic E-state index is 11.8. The smallest absolute Gasteiger partial charge is 0.201 e. The van der Waals surface area contributed by atoms with Crippen LogP contribution in [0.25, 0.3) is 0 Å². The largest absolute Gasteiger partial charge is 0.490 e. The molecule has 1 rings (SSSR count). The van der Waals surface area contributed by atoms with Gasteiger partial charge in [0.1, 0.15) is 0 Å². The van der Waals surface area contributed by atoms with Crippen molar-refractivity contribution in [3.8, 4) is 0 Å². The van der Waals surface area contributed by atoms with Crippen LogP contribution in [0.15, 0.2) is 11.8 Å². The Kier molecular flexibility index (Phi) is 4.14. The normalized spacial score (nSPS) is 17.9. The van der Waals surface area contributed by atoms with E-state index >= 15 is 0 Å². The quantitative estimate of drug-likeness (QED) is 0.726. The van der Waals surface area contributed by atoms with E-state index in [9.17, 15) is 4.79 Å². The zero-order chi connectivity index (χ0) is 10.6. The number of carbonyl (C=O) groups is 1. The Morgan fingerprint density at radius 1 is 1.64 bits per heavy atom. The first-order valence-corrected chi connectivity index (χ1v) is 5.22. The van der Waals surface area contributed by atoms with Gasteiger partial charge in [0, 0.05) is 18.9 Å². The number of rotatable bonds is 5. The van der Waals surface area contributed by atoms with Gasteiger partial charge in [-0.1, -0.05) is 13.8 Å². The number of ether oxygens (including phenoxy) is 1. The van der Waals surface area contributed by atoms with Crippen molar-refractivity contribution in [2.45, 2.75) is 26.7 Å². The van der Waals surface area contributed by atoms with Crippen LogP contribution in [0.5, 0.6) is 0 Å². The van der Waals surface area contributed by atoms with E-state index in [0.29, 0.717) is 24.8 Å². The van der Waals surface area contributed by atoms with Gasteiger partial charge in [0.25, 0.3) is 0 Å². The Balaban J connectivity index is 2.55. The molecule has 1 aliphatic rings. The van der Waals surface area contributed by atoms with Crippen molar-refractivity contribution in [1.29, 1.82) is 0 Å². The van der Waals surface area contributed by atoms with E-state index in [1.165, 1.54) is 0 Å². The van der Waals surface area contributed by atoms with E-state index < -0.39 is 0 Å². The summed E-state index contributed by atoms with van der Waals surface area (Å²) in [4.78, 5) is 11.8. The summed E-state index contributed by atoms with van der Waals surface area (Å²) in [5, 5.41) is 0. The molecule has 0 aliphatic carbocycles. The summed E-state index contributed by atoms with van der Waals surface area (Å²) in [7, 11) is 0. The molecule has 1 aliphatic heterocycles. The van der Waals surface area contributed by atoms with Crippen LogP contribution in [-0.2, 0) is 9.53 Å². The molecule has 3 nitrogen and oxygen atoms in total. The monoisotopic (exact) mass is 197 g/mol. The predicted octanol–water partition coefficient (Wildman–Crippen LogP) is 1.48. The van der Waals surface area contributed by atoms with E-state index in [1.807, 2.05) is 6.08 Å². The summed E-state index contributed by atoms with van der Waals surface area (Å²) in [6, 6.07) is 0. The molecule has 14 heavy (non-hydrogen) atoms. The van der Waals surface area contributed by atoms with Crippen molar-refractivity contribution in [3.63, 3.8) is 0 Å². The number of ketones is 1. The van der Waals surface area contributed by atoms with Crippen LogP contribution >= 0.6 is 0 Å². The molecule has 0 saturated carbocycles. The molecule has 0 spiro atoms. The highest BCUT2D eigenvalue weighted by Gasteiger charge is 2.24. The first-order chi connectivity index (χ1) is 6.65. The standard InChI is InChI=1S/C11H19NO2/c1-8(2)6-9(7-12)11(13)10-4-3-5-14-10/h4,8-9H,3,5-7,12H2,1-2H3. The zero-order valence-electron chi connectivity index (χ0n) is 8.95. The van der Waals surface area contributed by atoms with Crippen molar-refractivity contribution in [2.24, 2.45) is 17.6 Å². The van der Waals surface area contributed by atoms with Crippen LogP contribution in [-0.4, -0.2) is 18.9 Å². The zero-order valence-corrected chi connectivity index (χ0v) is 8.95. The van der Waals surface area contributed by atoms with Crippen LogP contribution in [0.4, 0.5) is 0 Å². The fourth-order valence-corrected chi connectivity index (χ4v) is 1.67. The summed E-state index contributed by atoms with van der Waals surface area (Å²) in [5.41, 5.74) is 5.59. The lowest BCUT2D eigenvalue weighted by molar-refractivity contribution is -0.122. The first-order valence-electron chi connectivity index (χ1n) is 5.22. The number of nitrogens with two attached hydrogens (primary N) is 1. The summed E-state index contributed by atoms with van der Waals surface area (Å²) in [6.07, 6.45) is 3.56. The Labute approximate surface area is 85.3 Å². The number of carbonyl (C=O) groups excluding carboxylic acids is 1. The highest BCUT2D eigenvalue weighted by Crippen LogP contribution is 2.19. The lowest BCUT2D eigenvalue weighted by atomic mass is 9.92. The highest BCUT2D eigenvalue weighted by molar-refractivity contribution is 5.95. The van der Waals surface area contributed by atoms with Crippen LogP contribution in [0, 0.1) is 11.8 Å². The maximum Gasteiger partial charge on any atom is 0.201 e. The summed E-state index contributed by atoms with van der Waals surface area (Å²) in [5.74, 6) is 1.04. The average Bonchev–Trinajstić information content (AvgIpc) is 2.65. The minimum absolute atomic E-state index is 0.0700. The Bertz CT molecular complexity index is 233. The molecule has 0 aromatic carbocycles. The van der Waals surface area contributed by atoms with Gasteiger partial charge in [0.15, 0.2) is 5.76 Å². The minimum Gasteiger partial charge on any atom is -0.490 e. The number of hydrogen-bond acceptors (Lipinski definition) is 3. The molecule has 0 radical (unpaired) electrons. The van der Waals surface area contributed by atoms with Gasteiger partial charge in [-0.2, -0.15) is 0 Å². The third-order valence-corrected chi connectivity index (χ3v) is 2.36. The third kappa shape index (κ3) is 2.84. The number of hydrogen-bond donors (Lipinski definition) is 1. The second-order valence-electron chi connectivity index (χ2n) is 4.13. The Morgan fingerprint density at radius 3 is 2.79 bits per heavy atom. The van der Waals surface area contributed by atoms with Crippen LogP contribution < -0.4 is 5.73 Å². The van der Waals surface area contributed by atoms with Crippen molar-refractivity contribution in [3.05, 3.63) is 11.8 Å². The molecule has 0 aromatic rings. The van der Waals surface area contributed by atoms with Gasteiger partial charge in [0.2, 0.25) is 5.78 Å². The highest BCUT2D eigenvalue weighted by atomic mass is 16.5. The second kappa shape index (κ2) is 5.15. The minimum atomic E-state index is -0.0700. The molecule has 1 unspecified atom stereocenters. The van der Waals surface area contributed by atoms with E-state index in [-0.39, 0.29) is 11.7 Å². The number of allylic oxidation sites excluding steroid dienone is 1. The number of Topliss-reactive ketones (excluding diaryl/α,β-unsaturated/α-hetero) is 1. The fourth-order valence-electron chi connectivity index (χ4n) is 1.67. The molecule has 3 heteroatoms. The van der Waals surface area contributed by atoms with Gasteiger partial charge < -0.3 is 10.5 Å². The molecule has 0 saturated heterocycles. The van der Waals surface area contributed by atoms with Gasteiger partial charge >= 0.3 is 0 Å². The van der Waals surface area contributed by atoms with E-state index in [1.54, 1.807) is 0 Å². The van der Waals surface area contributed by atoms with Crippen molar-refractivity contribution < 1.29 is 9.53 Å². The van der Waals surface area contributed by atoms with Crippen molar-refractivity contribution >= 4 is 5.78 Å². The second-order valence-corrected chi connectivity index (χ2v) is 4.13. The molecule has 0 bridgehead atoms. The Hall–Kier alpha value is -0.830. The Morgan fingerprint density at radius 2 is 2.36 bits per heavy atom. The summed E-state index contributed by atoms with van der Waals surface area (Å²) >= 11 is 0. The molecule has 1 heterocycles. The van der Waals surface area contributed by atoms with E-state index in [2.05, 4.69) is 13.8 Å². The first kappa shape index (κ1) is 11.2. The lowest BCUT2D eigenvalue weighted by Gasteiger charge is -2.15. The summed E-state index contributed by atoms with van der Waals surface area (Å²) < 4.78 is 5.24. The molecule has 0 amide bonds. The van der Waals surface area contributed by atoms with E-state index in [0.717, 1.165) is 12.8 Å². The third-order valence-electron chi connectivity index (χ3n) is 2.36. The van der Waals surface area contributed by atoms with Crippen molar-refractivity contribution in [1.82, 2.24) is 0 Å². The predicted molar refractivity (Wildman–Crippen MR) is 55.7 cm³/mol. The summed E-state index contributed by atoms with van der Waals surface area (Å²) in [6.45, 7) is 5.25. The van der Waals surface area contributed by atoms with Gasteiger partial charge in [-0.3, -0.25) is 4.79 Å². The van der Waals surface area contributed by atoms with Crippen LogP contribution in [0.3, 0.4) is 0 Å². The SMILES string of the molecule is CC(C)CC(CN)C(=O)C1=CCCO1. The molecule has 0 fully saturated rings. The van der Waals surface area contributed by atoms with Gasteiger partial charge in [0.05, 0.1) is 6.61 Å². The molecular weight excluding hydrogens is 178 g/mol. The average molecular weight is 197 g/mol. The molecular formula is C11H19NO2. The fraction of sp³-hybridized carbons (Fsp3) is 0.727. The van der Waals surface area contributed by atoms with Gasteiger partial charge in [-0.25, -0.2) is 0 Å².